The number of anilines is 1. The number of nitrogens with one attached hydrogen (secondary N) is 1. The van der Waals surface area contributed by atoms with Gasteiger partial charge in [0.05, 0.1) is 29.7 Å². The normalized spacial score (nSPS) is 10.6. The first-order chi connectivity index (χ1) is 9.02. The predicted octanol–water partition coefficient (Wildman–Crippen LogP) is 2.71. The minimum atomic E-state index is 0.498. The average Bonchev–Trinajstić information content (AvgIpc) is 2.62. The summed E-state index contributed by atoms with van der Waals surface area (Å²) >= 11 is 5.84. The molecule has 0 fully saturated rings. The number of hydrogen-bond donors (Lipinski definition) is 1. The van der Waals surface area contributed by atoms with Crippen LogP contribution in [0, 0.1) is 13.8 Å². The number of rotatable bonds is 4. The number of pyridine rings is 1. The van der Waals surface area contributed by atoms with Gasteiger partial charge in [-0.15, -0.1) is 0 Å². The largest absolute Gasteiger partial charge is 0.481 e. The number of hydrogen-bond acceptors (Lipinski definition) is 4. The first-order valence-electron chi connectivity index (χ1n) is 5.96. The predicted molar refractivity (Wildman–Crippen MR) is 75.8 cm³/mol. The molecule has 0 spiro atoms. The molecule has 0 aliphatic rings. The van der Waals surface area contributed by atoms with E-state index in [0.717, 1.165) is 28.5 Å². The molecule has 0 unspecified atom stereocenters. The minimum absolute atomic E-state index is 0.498. The summed E-state index contributed by atoms with van der Waals surface area (Å²) in [6.45, 7) is 4.51. The van der Waals surface area contributed by atoms with E-state index < -0.39 is 0 Å². The number of nitrogens with zero attached hydrogens (tertiary/aromatic N) is 3. The molecule has 0 aliphatic carbocycles. The fourth-order valence-corrected chi connectivity index (χ4v) is 2.23. The maximum atomic E-state index is 5.84. The molecule has 0 atom stereocenters. The van der Waals surface area contributed by atoms with Crippen LogP contribution in [0.15, 0.2) is 12.1 Å². The van der Waals surface area contributed by atoms with Gasteiger partial charge in [-0.1, -0.05) is 11.6 Å². The van der Waals surface area contributed by atoms with Crippen LogP contribution in [0.5, 0.6) is 5.88 Å². The number of aromatic nitrogens is 3. The summed E-state index contributed by atoms with van der Waals surface area (Å²) in [5.74, 6) is 0.768. The fourth-order valence-electron chi connectivity index (χ4n) is 2.04. The van der Waals surface area contributed by atoms with Crippen molar-refractivity contribution < 1.29 is 4.74 Å². The van der Waals surface area contributed by atoms with Crippen molar-refractivity contribution in [1.82, 2.24) is 14.8 Å². The second-order valence-electron chi connectivity index (χ2n) is 4.32. The monoisotopic (exact) mass is 280 g/mol. The Labute approximate surface area is 117 Å². The Morgan fingerprint density at radius 2 is 2.05 bits per heavy atom. The van der Waals surface area contributed by atoms with Crippen LogP contribution in [0.25, 0.3) is 0 Å². The Balaban J connectivity index is 2.19. The third kappa shape index (κ3) is 2.81. The van der Waals surface area contributed by atoms with E-state index in [-0.39, 0.29) is 0 Å². The van der Waals surface area contributed by atoms with Crippen LogP contribution < -0.4 is 10.1 Å². The van der Waals surface area contributed by atoms with Gasteiger partial charge in [0.1, 0.15) is 5.15 Å². The van der Waals surface area contributed by atoms with Crippen molar-refractivity contribution in [2.24, 2.45) is 7.05 Å². The molecule has 0 saturated carbocycles. The maximum absolute atomic E-state index is 5.84. The van der Waals surface area contributed by atoms with Crippen molar-refractivity contribution in [2.45, 2.75) is 20.4 Å². The van der Waals surface area contributed by atoms with E-state index >= 15 is 0 Å². The van der Waals surface area contributed by atoms with Gasteiger partial charge in [0, 0.05) is 13.6 Å². The van der Waals surface area contributed by atoms with Crippen LogP contribution in [0.1, 0.15) is 17.0 Å². The molecule has 2 aromatic heterocycles. The topological polar surface area (TPSA) is 52.0 Å². The van der Waals surface area contributed by atoms with Gasteiger partial charge in [-0.2, -0.15) is 5.10 Å². The minimum Gasteiger partial charge on any atom is -0.481 e. The Kier molecular flexibility index (Phi) is 3.95. The van der Waals surface area contributed by atoms with E-state index in [0.29, 0.717) is 11.7 Å². The van der Waals surface area contributed by atoms with Crippen LogP contribution in [0.4, 0.5) is 5.69 Å². The van der Waals surface area contributed by atoms with E-state index in [1.54, 1.807) is 17.9 Å². The lowest BCUT2D eigenvalue weighted by Gasteiger charge is -2.10. The zero-order valence-electron chi connectivity index (χ0n) is 11.5. The van der Waals surface area contributed by atoms with Crippen molar-refractivity contribution in [1.29, 1.82) is 0 Å². The van der Waals surface area contributed by atoms with Crippen LogP contribution in [0.3, 0.4) is 0 Å². The Bertz CT molecular complexity index is 595. The Morgan fingerprint density at radius 3 is 2.68 bits per heavy atom. The van der Waals surface area contributed by atoms with Crippen LogP contribution in [0.2, 0.25) is 5.15 Å². The Morgan fingerprint density at radius 1 is 1.32 bits per heavy atom. The summed E-state index contributed by atoms with van der Waals surface area (Å²) in [4.78, 5) is 4.21. The molecule has 0 amide bonds. The summed E-state index contributed by atoms with van der Waals surface area (Å²) < 4.78 is 7.09. The third-order valence-corrected chi connectivity index (χ3v) is 3.20. The molecule has 0 aromatic carbocycles. The van der Waals surface area contributed by atoms with E-state index in [2.05, 4.69) is 15.4 Å². The number of aryl methyl sites for hydroxylation is 3. The third-order valence-electron chi connectivity index (χ3n) is 2.99. The molecule has 19 heavy (non-hydrogen) atoms. The second kappa shape index (κ2) is 5.48. The SMILES string of the molecule is COc1c(CNc2ccc(Cl)nc2C)c(C)nn1C. The molecule has 0 bridgehead atoms. The molecule has 2 aromatic rings. The van der Waals surface area contributed by atoms with E-state index in [9.17, 15) is 0 Å². The summed E-state index contributed by atoms with van der Waals surface area (Å²) in [7, 11) is 3.51. The van der Waals surface area contributed by atoms with Gasteiger partial charge in [-0.25, -0.2) is 9.67 Å². The highest BCUT2D eigenvalue weighted by Crippen LogP contribution is 2.23. The first kappa shape index (κ1) is 13.7. The molecule has 102 valence electrons. The summed E-state index contributed by atoms with van der Waals surface area (Å²) in [5, 5.41) is 8.17. The molecule has 0 radical (unpaired) electrons. The molecule has 2 heterocycles. The molecule has 0 aliphatic heterocycles. The maximum Gasteiger partial charge on any atom is 0.216 e. The standard InChI is InChI=1S/C13H17ClN4O/c1-8-10(13(19-4)18(3)17-8)7-15-11-5-6-12(14)16-9(11)2/h5-6,15H,7H2,1-4H3. The van der Waals surface area contributed by atoms with Crippen molar-refractivity contribution in [3.05, 3.63) is 34.2 Å². The lowest BCUT2D eigenvalue weighted by atomic mass is 10.2. The number of halogens is 1. The van der Waals surface area contributed by atoms with E-state index in [4.69, 9.17) is 16.3 Å². The van der Waals surface area contributed by atoms with E-state index in [1.165, 1.54) is 0 Å². The summed E-state index contributed by atoms with van der Waals surface area (Å²) in [5.41, 5.74) is 3.81. The van der Waals surface area contributed by atoms with Crippen molar-refractivity contribution in [3.63, 3.8) is 0 Å². The molecule has 1 N–H and O–H groups in total. The van der Waals surface area contributed by atoms with Gasteiger partial charge in [-0.3, -0.25) is 0 Å². The second-order valence-corrected chi connectivity index (χ2v) is 4.70. The summed E-state index contributed by atoms with van der Waals surface area (Å²) in [6, 6.07) is 3.69. The summed E-state index contributed by atoms with van der Waals surface area (Å²) in [6.07, 6.45) is 0. The van der Waals surface area contributed by atoms with Crippen molar-refractivity contribution in [2.75, 3.05) is 12.4 Å². The van der Waals surface area contributed by atoms with Gasteiger partial charge in [0.15, 0.2) is 0 Å². The Hall–Kier alpha value is -1.75. The van der Waals surface area contributed by atoms with E-state index in [1.807, 2.05) is 27.0 Å². The lowest BCUT2D eigenvalue weighted by molar-refractivity contribution is 0.370. The molecule has 2 rings (SSSR count). The average molecular weight is 281 g/mol. The molecule has 6 heteroatoms. The van der Waals surface area contributed by atoms with Crippen LogP contribution >= 0.6 is 11.6 Å². The van der Waals surface area contributed by atoms with Crippen LogP contribution in [-0.2, 0) is 13.6 Å². The zero-order valence-corrected chi connectivity index (χ0v) is 12.2. The highest BCUT2D eigenvalue weighted by Gasteiger charge is 2.13. The highest BCUT2D eigenvalue weighted by atomic mass is 35.5. The lowest BCUT2D eigenvalue weighted by Crippen LogP contribution is -2.04. The fraction of sp³-hybridized carbons (Fsp3) is 0.385. The molecular formula is C13H17ClN4O. The van der Waals surface area contributed by atoms with Gasteiger partial charge in [0.25, 0.3) is 0 Å². The van der Waals surface area contributed by atoms with Gasteiger partial charge < -0.3 is 10.1 Å². The van der Waals surface area contributed by atoms with Gasteiger partial charge >= 0.3 is 0 Å². The first-order valence-corrected chi connectivity index (χ1v) is 6.34. The highest BCUT2D eigenvalue weighted by molar-refractivity contribution is 6.29. The molecule has 0 saturated heterocycles. The number of ether oxygens (including phenoxy) is 1. The smallest absolute Gasteiger partial charge is 0.216 e. The van der Waals surface area contributed by atoms with Crippen molar-refractivity contribution in [3.8, 4) is 5.88 Å². The van der Waals surface area contributed by atoms with Gasteiger partial charge in [0.2, 0.25) is 5.88 Å². The quantitative estimate of drug-likeness (QED) is 0.875. The number of methoxy groups -OCH3 is 1. The molecule has 5 nitrogen and oxygen atoms in total. The van der Waals surface area contributed by atoms with Gasteiger partial charge in [-0.05, 0) is 26.0 Å². The van der Waals surface area contributed by atoms with Crippen LogP contribution in [-0.4, -0.2) is 21.9 Å². The van der Waals surface area contributed by atoms with Crippen molar-refractivity contribution >= 4 is 17.3 Å². The molecular weight excluding hydrogens is 264 g/mol. The zero-order chi connectivity index (χ0) is 14.0.